The molecule has 0 unspecified atom stereocenters. The molecule has 2 amide bonds. The van der Waals surface area contributed by atoms with Gasteiger partial charge in [0.1, 0.15) is 0 Å². The normalized spacial score (nSPS) is 15.3. The van der Waals surface area contributed by atoms with Crippen molar-refractivity contribution < 1.29 is 14.5 Å². The molecule has 0 aromatic carbocycles. The van der Waals surface area contributed by atoms with Crippen molar-refractivity contribution in [3.05, 3.63) is 0 Å². The zero-order valence-electron chi connectivity index (χ0n) is 15.7. The van der Waals surface area contributed by atoms with Gasteiger partial charge in [-0.15, -0.1) is 10.2 Å². The van der Waals surface area contributed by atoms with Crippen molar-refractivity contribution in [2.75, 3.05) is 50.3 Å². The second-order valence-corrected chi connectivity index (χ2v) is 8.82. The fourth-order valence-corrected chi connectivity index (χ4v) is 4.32. The zero-order chi connectivity index (χ0) is 18.9. The second-order valence-electron chi connectivity index (χ2n) is 6.62. The van der Waals surface area contributed by atoms with Crippen LogP contribution in [0, 0.1) is 0 Å². The van der Waals surface area contributed by atoms with Gasteiger partial charge in [0.25, 0.3) is 5.91 Å². The van der Waals surface area contributed by atoms with E-state index in [1.54, 1.807) is 0 Å². The third-order valence-electron chi connectivity index (χ3n) is 3.94. The third kappa shape index (κ3) is 7.08. The summed E-state index contributed by atoms with van der Waals surface area (Å²) in [4.78, 5) is 27.3. The molecule has 0 spiro atoms. The third-order valence-corrected chi connectivity index (χ3v) is 5.93. The summed E-state index contributed by atoms with van der Waals surface area (Å²) in [5, 5.41) is 15.1. The number of nitrogens with zero attached hydrogens (tertiary/aromatic N) is 3. The van der Waals surface area contributed by atoms with Crippen LogP contribution in [0.15, 0.2) is 4.34 Å². The van der Waals surface area contributed by atoms with E-state index in [-0.39, 0.29) is 17.9 Å². The number of piperazine rings is 1. The van der Waals surface area contributed by atoms with Crippen LogP contribution in [0.5, 0.6) is 0 Å². The molecule has 1 fully saturated rings. The Balaban J connectivity index is 1.68. The lowest BCUT2D eigenvalue weighted by atomic mass is 10.3. The van der Waals surface area contributed by atoms with E-state index < -0.39 is 0 Å². The Kier molecular flexibility index (Phi) is 8.60. The summed E-state index contributed by atoms with van der Waals surface area (Å²) in [6.07, 6.45) is 1.04. The SMILES string of the molecule is CCCNc1nnc(SCC(=O)N2CC[NH+](CC(=O)NC(C)C)CC2)s1. The average molecular weight is 402 g/mol. The summed E-state index contributed by atoms with van der Waals surface area (Å²) in [6.45, 7) is 10.4. The molecule has 8 nitrogen and oxygen atoms in total. The number of quaternary nitrogens is 1. The molecule has 0 radical (unpaired) electrons. The Morgan fingerprint density at radius 2 is 2.04 bits per heavy atom. The van der Waals surface area contributed by atoms with Crippen LogP contribution >= 0.6 is 23.1 Å². The van der Waals surface area contributed by atoms with Crippen molar-refractivity contribution in [2.45, 2.75) is 37.6 Å². The molecule has 1 aliphatic heterocycles. The lowest BCUT2D eigenvalue weighted by Crippen LogP contribution is -3.16. The van der Waals surface area contributed by atoms with Gasteiger partial charge in [-0.25, -0.2) is 0 Å². The summed E-state index contributed by atoms with van der Waals surface area (Å²) in [5.41, 5.74) is 0. The molecule has 26 heavy (non-hydrogen) atoms. The standard InChI is InChI=1S/C16H28N6O2S2/c1-4-5-17-15-19-20-16(26-15)25-11-14(24)22-8-6-21(7-9-22)10-13(23)18-12(2)3/h12H,4-11H2,1-3H3,(H,17,19)(H,18,23)/p+1. The van der Waals surface area contributed by atoms with Crippen molar-refractivity contribution in [2.24, 2.45) is 0 Å². The smallest absolute Gasteiger partial charge is 0.275 e. The van der Waals surface area contributed by atoms with Gasteiger partial charge in [-0.05, 0) is 20.3 Å². The van der Waals surface area contributed by atoms with Crippen molar-refractivity contribution in [3.63, 3.8) is 0 Å². The van der Waals surface area contributed by atoms with Crippen molar-refractivity contribution in [1.29, 1.82) is 0 Å². The van der Waals surface area contributed by atoms with E-state index in [0.717, 1.165) is 35.5 Å². The Labute approximate surface area is 163 Å². The fraction of sp³-hybridized carbons (Fsp3) is 0.750. The van der Waals surface area contributed by atoms with Crippen molar-refractivity contribution in [3.8, 4) is 0 Å². The quantitative estimate of drug-likeness (QED) is 0.492. The number of carbonyl (C=O) groups is 2. The monoisotopic (exact) mass is 401 g/mol. The number of hydrogen-bond donors (Lipinski definition) is 3. The van der Waals surface area contributed by atoms with Gasteiger partial charge in [-0.1, -0.05) is 30.0 Å². The van der Waals surface area contributed by atoms with Gasteiger partial charge < -0.3 is 20.4 Å². The van der Waals surface area contributed by atoms with Crippen LogP contribution in [0.3, 0.4) is 0 Å². The van der Waals surface area contributed by atoms with E-state index in [9.17, 15) is 9.59 Å². The van der Waals surface area contributed by atoms with Crippen LogP contribution in [0.4, 0.5) is 5.13 Å². The highest BCUT2D eigenvalue weighted by Crippen LogP contribution is 2.25. The van der Waals surface area contributed by atoms with Gasteiger partial charge >= 0.3 is 0 Å². The highest BCUT2D eigenvalue weighted by atomic mass is 32.2. The lowest BCUT2D eigenvalue weighted by molar-refractivity contribution is -0.896. The first-order valence-corrected chi connectivity index (χ1v) is 10.9. The van der Waals surface area contributed by atoms with Crippen LogP contribution in [-0.4, -0.2) is 78.0 Å². The zero-order valence-corrected chi connectivity index (χ0v) is 17.3. The van der Waals surface area contributed by atoms with E-state index in [2.05, 4.69) is 27.8 Å². The van der Waals surface area contributed by atoms with E-state index in [1.165, 1.54) is 28.0 Å². The summed E-state index contributed by atoms with van der Waals surface area (Å²) in [6, 6.07) is 0.167. The molecule has 3 N–H and O–H groups in total. The van der Waals surface area contributed by atoms with Crippen LogP contribution in [0.1, 0.15) is 27.2 Å². The maximum atomic E-state index is 12.4. The van der Waals surface area contributed by atoms with Gasteiger partial charge in [0, 0.05) is 12.6 Å². The van der Waals surface area contributed by atoms with Gasteiger partial charge in [0.05, 0.1) is 31.9 Å². The van der Waals surface area contributed by atoms with Gasteiger partial charge in [-0.3, -0.25) is 9.59 Å². The van der Waals surface area contributed by atoms with Crippen LogP contribution in [0.2, 0.25) is 0 Å². The minimum Gasteiger partial charge on any atom is -0.360 e. The number of amides is 2. The predicted molar refractivity (Wildman–Crippen MR) is 105 cm³/mol. The molecule has 1 aromatic rings. The number of carbonyl (C=O) groups excluding carboxylic acids is 2. The lowest BCUT2D eigenvalue weighted by Gasteiger charge is -2.31. The highest BCUT2D eigenvalue weighted by molar-refractivity contribution is 8.01. The minimum absolute atomic E-state index is 0.0779. The number of aromatic nitrogens is 2. The fourth-order valence-electron chi connectivity index (χ4n) is 2.64. The number of rotatable bonds is 9. The van der Waals surface area contributed by atoms with Gasteiger partial charge in [0.15, 0.2) is 10.9 Å². The summed E-state index contributed by atoms with van der Waals surface area (Å²) in [7, 11) is 0. The number of thioether (sulfide) groups is 1. The van der Waals surface area contributed by atoms with Crippen LogP contribution < -0.4 is 15.5 Å². The molecule has 2 heterocycles. The molecule has 1 saturated heterocycles. The average Bonchev–Trinajstić information content (AvgIpc) is 3.05. The number of anilines is 1. The van der Waals surface area contributed by atoms with Crippen LogP contribution in [0.25, 0.3) is 0 Å². The minimum atomic E-state index is 0.0779. The molecule has 0 atom stereocenters. The molecule has 146 valence electrons. The van der Waals surface area contributed by atoms with E-state index in [0.29, 0.717) is 25.4 Å². The van der Waals surface area contributed by atoms with Crippen LogP contribution in [-0.2, 0) is 9.59 Å². The molecule has 1 aliphatic rings. The Bertz CT molecular complexity index is 587. The molecule has 0 saturated carbocycles. The van der Waals surface area contributed by atoms with Crippen molar-refractivity contribution >= 4 is 40.0 Å². The summed E-state index contributed by atoms with van der Waals surface area (Å²) < 4.78 is 0.812. The first-order valence-electron chi connectivity index (χ1n) is 9.08. The maximum Gasteiger partial charge on any atom is 0.275 e. The van der Waals surface area contributed by atoms with Gasteiger partial charge in [-0.2, -0.15) is 0 Å². The predicted octanol–water partition coefficient (Wildman–Crippen LogP) is -0.296. The Morgan fingerprint density at radius 1 is 1.31 bits per heavy atom. The van der Waals surface area contributed by atoms with E-state index >= 15 is 0 Å². The topological polar surface area (TPSA) is 91.7 Å². The number of hydrogen-bond acceptors (Lipinski definition) is 7. The molecular formula is C16H29N6O2S2+. The summed E-state index contributed by atoms with van der Waals surface area (Å²) in [5.74, 6) is 0.582. The Morgan fingerprint density at radius 3 is 2.69 bits per heavy atom. The molecular weight excluding hydrogens is 372 g/mol. The van der Waals surface area contributed by atoms with Crippen molar-refractivity contribution in [1.82, 2.24) is 20.4 Å². The summed E-state index contributed by atoms with van der Waals surface area (Å²) >= 11 is 2.92. The molecule has 1 aromatic heterocycles. The second kappa shape index (κ2) is 10.7. The molecule has 10 heteroatoms. The number of nitrogens with one attached hydrogen (secondary N) is 3. The molecule has 2 rings (SSSR count). The highest BCUT2D eigenvalue weighted by Gasteiger charge is 2.25. The Hall–Kier alpha value is -1.39. The maximum absolute atomic E-state index is 12.4. The largest absolute Gasteiger partial charge is 0.360 e. The van der Waals surface area contributed by atoms with Gasteiger partial charge in [0.2, 0.25) is 11.0 Å². The van der Waals surface area contributed by atoms with E-state index in [1.807, 2.05) is 18.7 Å². The molecule has 0 bridgehead atoms. The molecule has 0 aliphatic carbocycles. The van der Waals surface area contributed by atoms with E-state index in [4.69, 9.17) is 0 Å². The first kappa shape index (κ1) is 20.9. The first-order chi connectivity index (χ1) is 12.5.